The van der Waals surface area contributed by atoms with Crippen molar-refractivity contribution in [2.45, 2.75) is 17.6 Å². The first-order chi connectivity index (χ1) is 15.2. The fourth-order valence-electron chi connectivity index (χ4n) is 3.14. The Bertz CT molecular complexity index is 1400. The zero-order valence-electron chi connectivity index (χ0n) is 16.1. The van der Waals surface area contributed by atoms with Gasteiger partial charge in [0.25, 0.3) is 5.56 Å². The molecule has 0 aliphatic rings. The molecule has 0 saturated carbocycles. The second-order valence-corrected chi connectivity index (χ2v) is 8.01. The number of nitrogens with zero attached hydrogens (tertiary/aromatic N) is 6. The number of aromatic nitrogens is 6. The lowest BCUT2D eigenvalue weighted by Crippen LogP contribution is -2.23. The summed E-state index contributed by atoms with van der Waals surface area (Å²) in [4.78, 5) is 12.7. The molecule has 8 nitrogen and oxygen atoms in total. The molecule has 0 amide bonds. The minimum atomic E-state index is -0.201. The quantitative estimate of drug-likeness (QED) is 0.360. The molecule has 5 rings (SSSR count). The van der Waals surface area contributed by atoms with E-state index < -0.39 is 0 Å². The van der Waals surface area contributed by atoms with Crippen LogP contribution >= 0.6 is 23.4 Å². The van der Waals surface area contributed by atoms with Crippen LogP contribution in [0.5, 0.6) is 0 Å². The Kier molecular flexibility index (Phi) is 5.27. The summed E-state index contributed by atoms with van der Waals surface area (Å²) < 4.78 is 8.77. The molecule has 0 aliphatic carbocycles. The van der Waals surface area contributed by atoms with Crippen LogP contribution in [-0.4, -0.2) is 29.8 Å². The van der Waals surface area contributed by atoms with Gasteiger partial charge in [-0.2, -0.15) is 4.68 Å². The summed E-state index contributed by atoms with van der Waals surface area (Å²) >= 11 is 7.37. The van der Waals surface area contributed by atoms with Gasteiger partial charge in [0, 0.05) is 10.6 Å². The first-order valence-corrected chi connectivity index (χ1v) is 10.7. The van der Waals surface area contributed by atoms with E-state index in [1.54, 1.807) is 36.6 Å². The molecule has 0 saturated heterocycles. The average Bonchev–Trinajstić information content (AvgIpc) is 3.45. The second-order valence-electron chi connectivity index (χ2n) is 6.66. The predicted molar refractivity (Wildman–Crippen MR) is 118 cm³/mol. The van der Waals surface area contributed by atoms with Crippen LogP contribution in [0.4, 0.5) is 0 Å². The van der Waals surface area contributed by atoms with E-state index in [0.717, 1.165) is 11.3 Å². The van der Waals surface area contributed by atoms with Crippen molar-refractivity contribution < 1.29 is 4.42 Å². The van der Waals surface area contributed by atoms with Gasteiger partial charge in [0.2, 0.25) is 0 Å². The number of thioether (sulfide) groups is 1. The molecule has 0 spiro atoms. The molecule has 10 heteroatoms. The van der Waals surface area contributed by atoms with Crippen molar-refractivity contribution in [2.24, 2.45) is 0 Å². The number of fused-ring (bicyclic) bond motifs is 1. The molecule has 0 N–H and O–H groups in total. The van der Waals surface area contributed by atoms with Gasteiger partial charge in [-0.25, -0.2) is 0 Å². The fourth-order valence-corrected chi connectivity index (χ4v) is 4.07. The third-order valence-electron chi connectivity index (χ3n) is 4.66. The molecule has 0 bridgehead atoms. The molecular formula is C21H15ClN6O2S. The van der Waals surface area contributed by atoms with Crippen LogP contribution in [-0.2, 0) is 12.4 Å². The van der Waals surface area contributed by atoms with Gasteiger partial charge in [-0.15, -0.1) is 15.3 Å². The first kappa shape index (κ1) is 19.5. The molecule has 3 heterocycles. The SMILES string of the molecule is O=c1c2ccccc2nnn1CSc1nnc(-c2ccc(Cl)cc2)n1Cc1ccco1. The van der Waals surface area contributed by atoms with Gasteiger partial charge in [-0.1, -0.05) is 40.7 Å². The Labute approximate surface area is 185 Å². The van der Waals surface area contributed by atoms with Crippen molar-refractivity contribution in [1.29, 1.82) is 0 Å². The summed E-state index contributed by atoms with van der Waals surface area (Å²) in [7, 11) is 0. The Morgan fingerprint density at radius 3 is 2.61 bits per heavy atom. The number of furan rings is 1. The number of rotatable bonds is 6. The number of hydrogen-bond acceptors (Lipinski definition) is 7. The highest BCUT2D eigenvalue weighted by atomic mass is 35.5. The predicted octanol–water partition coefficient (Wildman–Crippen LogP) is 4.09. The molecule has 0 radical (unpaired) electrons. The van der Waals surface area contributed by atoms with Crippen LogP contribution in [0.3, 0.4) is 0 Å². The molecule has 5 aromatic rings. The van der Waals surface area contributed by atoms with Crippen LogP contribution in [0.15, 0.2) is 81.3 Å². The lowest BCUT2D eigenvalue weighted by atomic mass is 10.2. The highest BCUT2D eigenvalue weighted by molar-refractivity contribution is 7.98. The van der Waals surface area contributed by atoms with E-state index in [4.69, 9.17) is 16.0 Å². The molecular weight excluding hydrogens is 436 g/mol. The van der Waals surface area contributed by atoms with Gasteiger partial charge in [0.15, 0.2) is 11.0 Å². The van der Waals surface area contributed by atoms with Crippen molar-refractivity contribution >= 4 is 34.3 Å². The third-order valence-corrected chi connectivity index (χ3v) is 5.84. The summed E-state index contributed by atoms with van der Waals surface area (Å²) in [5.74, 6) is 1.68. The van der Waals surface area contributed by atoms with Crippen molar-refractivity contribution in [1.82, 2.24) is 29.8 Å². The van der Waals surface area contributed by atoms with Gasteiger partial charge in [-0.3, -0.25) is 9.36 Å². The molecule has 2 aromatic carbocycles. The van der Waals surface area contributed by atoms with E-state index in [9.17, 15) is 4.79 Å². The maximum Gasteiger partial charge on any atom is 0.278 e. The summed E-state index contributed by atoms with van der Waals surface area (Å²) in [6.45, 7) is 0.443. The molecule has 0 atom stereocenters. The maximum atomic E-state index is 12.7. The summed E-state index contributed by atoms with van der Waals surface area (Å²) in [5.41, 5.74) is 1.24. The van der Waals surface area contributed by atoms with Crippen molar-refractivity contribution in [3.63, 3.8) is 0 Å². The summed E-state index contributed by atoms with van der Waals surface area (Å²) in [6, 6.07) is 18.2. The van der Waals surface area contributed by atoms with Crippen LogP contribution < -0.4 is 5.56 Å². The monoisotopic (exact) mass is 450 g/mol. The van der Waals surface area contributed by atoms with Gasteiger partial charge in [0.05, 0.1) is 24.1 Å². The Hall–Kier alpha value is -3.43. The fraction of sp³-hybridized carbons (Fsp3) is 0.0952. The Morgan fingerprint density at radius 1 is 0.968 bits per heavy atom. The van der Waals surface area contributed by atoms with Crippen molar-refractivity contribution in [3.8, 4) is 11.4 Å². The highest BCUT2D eigenvalue weighted by Crippen LogP contribution is 2.27. The lowest BCUT2D eigenvalue weighted by molar-refractivity contribution is 0.485. The molecule has 3 aromatic heterocycles. The molecule has 0 aliphatic heterocycles. The van der Waals surface area contributed by atoms with Gasteiger partial charge in [0.1, 0.15) is 11.3 Å². The first-order valence-electron chi connectivity index (χ1n) is 9.36. The maximum absolute atomic E-state index is 12.7. The van der Waals surface area contributed by atoms with E-state index in [2.05, 4.69) is 20.5 Å². The van der Waals surface area contributed by atoms with E-state index in [0.29, 0.717) is 33.5 Å². The highest BCUT2D eigenvalue weighted by Gasteiger charge is 2.17. The molecule has 0 unspecified atom stereocenters. The second kappa shape index (κ2) is 8.37. The van der Waals surface area contributed by atoms with Gasteiger partial charge < -0.3 is 4.42 Å². The zero-order valence-corrected chi connectivity index (χ0v) is 17.6. The Balaban J connectivity index is 1.48. The summed E-state index contributed by atoms with van der Waals surface area (Å²) in [5, 5.41) is 18.7. The van der Waals surface area contributed by atoms with Crippen LogP contribution in [0.1, 0.15) is 5.76 Å². The minimum Gasteiger partial charge on any atom is -0.467 e. The van der Waals surface area contributed by atoms with Crippen LogP contribution in [0.25, 0.3) is 22.3 Å². The van der Waals surface area contributed by atoms with E-state index in [1.165, 1.54) is 16.4 Å². The van der Waals surface area contributed by atoms with E-state index in [-0.39, 0.29) is 11.4 Å². The standard InChI is InChI=1S/C21H15ClN6O2S/c22-15-9-7-14(8-10-15)19-24-25-21(27(19)12-16-4-3-11-30-16)31-13-28-20(29)17-5-1-2-6-18(17)23-26-28/h1-11H,12-13H2. The van der Waals surface area contributed by atoms with Crippen molar-refractivity contribution in [3.05, 3.63) is 88.1 Å². The summed E-state index contributed by atoms with van der Waals surface area (Å²) in [6.07, 6.45) is 1.62. The average molecular weight is 451 g/mol. The molecule has 154 valence electrons. The number of hydrogen-bond donors (Lipinski definition) is 0. The van der Waals surface area contributed by atoms with E-state index in [1.807, 2.05) is 34.9 Å². The molecule has 31 heavy (non-hydrogen) atoms. The van der Waals surface area contributed by atoms with Crippen molar-refractivity contribution in [2.75, 3.05) is 0 Å². The lowest BCUT2D eigenvalue weighted by Gasteiger charge is -2.09. The topological polar surface area (TPSA) is 91.6 Å². The van der Waals surface area contributed by atoms with E-state index >= 15 is 0 Å². The number of benzene rings is 2. The number of halogens is 1. The third kappa shape index (κ3) is 3.97. The van der Waals surface area contributed by atoms with Gasteiger partial charge >= 0.3 is 0 Å². The largest absolute Gasteiger partial charge is 0.467 e. The molecule has 0 fully saturated rings. The normalized spacial score (nSPS) is 11.3. The van der Waals surface area contributed by atoms with Crippen LogP contribution in [0, 0.1) is 0 Å². The van der Waals surface area contributed by atoms with Gasteiger partial charge in [-0.05, 0) is 48.5 Å². The Morgan fingerprint density at radius 2 is 1.81 bits per heavy atom. The zero-order chi connectivity index (χ0) is 21.2. The minimum absolute atomic E-state index is 0.201. The van der Waals surface area contributed by atoms with Crippen LogP contribution in [0.2, 0.25) is 5.02 Å². The smallest absolute Gasteiger partial charge is 0.278 e.